The minimum absolute atomic E-state index is 0.372. The Morgan fingerprint density at radius 3 is 2.43 bits per heavy atom. The molecule has 0 aliphatic carbocycles. The molecular weight excluding hydrogens is 190 g/mol. The zero-order valence-corrected chi connectivity index (χ0v) is 8.04. The standard InChI is InChI=1S/C8H15NO5/c1-3(10)7-6(12)5(8(13)14-7)9-4(2)11/h3,5-8,10,12-13H,1-2H3,(H,9,11). The summed E-state index contributed by atoms with van der Waals surface area (Å²) in [5, 5.41) is 30.4. The highest BCUT2D eigenvalue weighted by atomic mass is 16.6. The van der Waals surface area contributed by atoms with Crippen molar-refractivity contribution < 1.29 is 24.9 Å². The zero-order valence-electron chi connectivity index (χ0n) is 8.04. The second kappa shape index (κ2) is 4.22. The monoisotopic (exact) mass is 205 g/mol. The Bertz CT molecular complexity index is 220. The molecule has 14 heavy (non-hydrogen) atoms. The van der Waals surface area contributed by atoms with Crippen LogP contribution in [0, 0.1) is 0 Å². The minimum Gasteiger partial charge on any atom is -0.391 e. The quantitative estimate of drug-likeness (QED) is 0.416. The van der Waals surface area contributed by atoms with Gasteiger partial charge in [-0.05, 0) is 6.92 Å². The number of rotatable bonds is 2. The van der Waals surface area contributed by atoms with Gasteiger partial charge in [0.1, 0.15) is 18.2 Å². The number of hydrogen-bond donors (Lipinski definition) is 4. The van der Waals surface area contributed by atoms with E-state index < -0.39 is 30.6 Å². The summed E-state index contributed by atoms with van der Waals surface area (Å²) in [4.78, 5) is 10.7. The second-order valence-corrected chi connectivity index (χ2v) is 3.45. The van der Waals surface area contributed by atoms with Gasteiger partial charge in [0.2, 0.25) is 5.91 Å². The van der Waals surface area contributed by atoms with Crippen LogP contribution < -0.4 is 5.32 Å². The Morgan fingerprint density at radius 1 is 1.50 bits per heavy atom. The van der Waals surface area contributed by atoms with Gasteiger partial charge in [-0.1, -0.05) is 0 Å². The van der Waals surface area contributed by atoms with E-state index in [1.807, 2.05) is 0 Å². The van der Waals surface area contributed by atoms with Crippen molar-refractivity contribution in [3.8, 4) is 0 Å². The van der Waals surface area contributed by atoms with Gasteiger partial charge in [0.05, 0.1) is 6.10 Å². The average molecular weight is 205 g/mol. The van der Waals surface area contributed by atoms with Crippen LogP contribution in [-0.2, 0) is 9.53 Å². The number of aliphatic hydroxyl groups is 3. The third kappa shape index (κ3) is 2.21. The summed E-state index contributed by atoms with van der Waals surface area (Å²) >= 11 is 0. The lowest BCUT2D eigenvalue weighted by Crippen LogP contribution is -2.48. The summed E-state index contributed by atoms with van der Waals surface area (Å²) in [5.41, 5.74) is 0. The molecule has 1 fully saturated rings. The molecule has 82 valence electrons. The van der Waals surface area contributed by atoms with Gasteiger partial charge in [-0.2, -0.15) is 0 Å². The highest BCUT2D eigenvalue weighted by molar-refractivity contribution is 5.73. The van der Waals surface area contributed by atoms with Crippen molar-refractivity contribution in [3.63, 3.8) is 0 Å². The molecule has 0 aromatic heterocycles. The largest absolute Gasteiger partial charge is 0.391 e. The van der Waals surface area contributed by atoms with Crippen LogP contribution in [0.5, 0.6) is 0 Å². The van der Waals surface area contributed by atoms with Crippen LogP contribution in [0.3, 0.4) is 0 Å². The van der Waals surface area contributed by atoms with E-state index in [1.54, 1.807) is 0 Å². The smallest absolute Gasteiger partial charge is 0.217 e. The number of ether oxygens (including phenoxy) is 1. The molecular formula is C8H15NO5. The predicted octanol–water partition coefficient (Wildman–Crippen LogP) is -2.05. The molecule has 0 spiro atoms. The minimum atomic E-state index is -1.28. The first-order chi connectivity index (χ1) is 6.43. The van der Waals surface area contributed by atoms with E-state index in [1.165, 1.54) is 13.8 Å². The zero-order chi connectivity index (χ0) is 10.9. The first-order valence-electron chi connectivity index (χ1n) is 4.40. The molecule has 1 aliphatic heterocycles. The van der Waals surface area contributed by atoms with Crippen molar-refractivity contribution in [1.82, 2.24) is 5.32 Å². The number of amides is 1. The van der Waals surface area contributed by atoms with E-state index in [2.05, 4.69) is 5.32 Å². The lowest BCUT2D eigenvalue weighted by Gasteiger charge is -2.19. The Hall–Kier alpha value is -0.690. The fourth-order valence-electron chi connectivity index (χ4n) is 1.49. The van der Waals surface area contributed by atoms with Crippen LogP contribution in [-0.4, -0.2) is 51.9 Å². The van der Waals surface area contributed by atoms with Gasteiger partial charge in [0.15, 0.2) is 6.29 Å². The molecule has 0 aromatic rings. The predicted molar refractivity (Wildman–Crippen MR) is 46.2 cm³/mol. The van der Waals surface area contributed by atoms with E-state index in [0.717, 1.165) is 0 Å². The van der Waals surface area contributed by atoms with E-state index in [9.17, 15) is 20.1 Å². The molecule has 1 amide bonds. The Kier molecular flexibility index (Phi) is 3.43. The van der Waals surface area contributed by atoms with E-state index in [-0.39, 0.29) is 5.91 Å². The molecule has 6 heteroatoms. The Balaban J connectivity index is 2.65. The van der Waals surface area contributed by atoms with Crippen LogP contribution >= 0.6 is 0 Å². The Morgan fingerprint density at radius 2 is 2.07 bits per heavy atom. The fourth-order valence-corrected chi connectivity index (χ4v) is 1.49. The summed E-state index contributed by atoms with van der Waals surface area (Å²) < 4.78 is 4.89. The third-order valence-electron chi connectivity index (χ3n) is 2.15. The van der Waals surface area contributed by atoms with Gasteiger partial charge in [-0.3, -0.25) is 4.79 Å². The van der Waals surface area contributed by atoms with Crippen molar-refractivity contribution in [2.24, 2.45) is 0 Å². The summed E-state index contributed by atoms with van der Waals surface area (Å²) in [6.07, 6.45) is -4.16. The molecule has 4 N–H and O–H groups in total. The van der Waals surface area contributed by atoms with Crippen LogP contribution in [0.25, 0.3) is 0 Å². The molecule has 1 rings (SSSR count). The third-order valence-corrected chi connectivity index (χ3v) is 2.15. The van der Waals surface area contributed by atoms with Gasteiger partial charge in [-0.25, -0.2) is 0 Å². The number of nitrogens with one attached hydrogen (secondary N) is 1. The molecule has 5 unspecified atom stereocenters. The van der Waals surface area contributed by atoms with Crippen LogP contribution in [0.2, 0.25) is 0 Å². The number of hydrogen-bond acceptors (Lipinski definition) is 5. The SMILES string of the molecule is CC(=O)NC1C(O)OC(C(C)O)C1O. The highest BCUT2D eigenvalue weighted by Crippen LogP contribution is 2.22. The number of carbonyl (C=O) groups excluding carboxylic acids is 1. The highest BCUT2D eigenvalue weighted by Gasteiger charge is 2.45. The summed E-state index contributed by atoms with van der Waals surface area (Å²) in [6.45, 7) is 2.71. The number of carbonyl (C=O) groups is 1. The normalized spacial score (nSPS) is 39.5. The van der Waals surface area contributed by atoms with Crippen molar-refractivity contribution in [3.05, 3.63) is 0 Å². The van der Waals surface area contributed by atoms with Gasteiger partial charge >= 0.3 is 0 Å². The first kappa shape index (κ1) is 11.4. The van der Waals surface area contributed by atoms with Crippen LogP contribution in [0.15, 0.2) is 0 Å². The molecule has 5 atom stereocenters. The van der Waals surface area contributed by atoms with Gasteiger partial charge < -0.3 is 25.4 Å². The maximum Gasteiger partial charge on any atom is 0.217 e. The summed E-state index contributed by atoms with van der Waals surface area (Å²) in [7, 11) is 0. The van der Waals surface area contributed by atoms with Gasteiger partial charge in [-0.15, -0.1) is 0 Å². The first-order valence-corrected chi connectivity index (χ1v) is 4.40. The van der Waals surface area contributed by atoms with Gasteiger partial charge in [0.25, 0.3) is 0 Å². The molecule has 1 saturated heterocycles. The molecule has 0 bridgehead atoms. The van der Waals surface area contributed by atoms with Crippen LogP contribution in [0.4, 0.5) is 0 Å². The van der Waals surface area contributed by atoms with Crippen molar-refractivity contribution in [1.29, 1.82) is 0 Å². The number of aliphatic hydroxyl groups excluding tert-OH is 3. The topological polar surface area (TPSA) is 99.0 Å². The maximum absolute atomic E-state index is 10.7. The molecule has 0 saturated carbocycles. The summed E-state index contributed by atoms with van der Waals surface area (Å²) in [6, 6.07) is -0.882. The fraction of sp³-hybridized carbons (Fsp3) is 0.875. The second-order valence-electron chi connectivity index (χ2n) is 3.45. The Labute approximate surface area is 81.5 Å². The molecule has 0 radical (unpaired) electrons. The van der Waals surface area contributed by atoms with Crippen molar-refractivity contribution in [2.75, 3.05) is 0 Å². The lowest BCUT2D eigenvalue weighted by atomic mass is 10.1. The maximum atomic E-state index is 10.7. The van der Waals surface area contributed by atoms with Crippen LogP contribution in [0.1, 0.15) is 13.8 Å². The van der Waals surface area contributed by atoms with E-state index in [0.29, 0.717) is 0 Å². The lowest BCUT2D eigenvalue weighted by molar-refractivity contribution is -0.134. The molecule has 1 aliphatic rings. The van der Waals surface area contributed by atoms with Crippen molar-refractivity contribution in [2.45, 2.75) is 44.5 Å². The molecule has 6 nitrogen and oxygen atoms in total. The van der Waals surface area contributed by atoms with E-state index in [4.69, 9.17) is 4.74 Å². The van der Waals surface area contributed by atoms with Gasteiger partial charge in [0, 0.05) is 6.92 Å². The molecule has 0 aromatic carbocycles. The average Bonchev–Trinajstić information content (AvgIpc) is 2.31. The summed E-state index contributed by atoms with van der Waals surface area (Å²) in [5.74, 6) is -0.372. The van der Waals surface area contributed by atoms with E-state index >= 15 is 0 Å². The molecule has 1 heterocycles. The van der Waals surface area contributed by atoms with Crippen molar-refractivity contribution >= 4 is 5.91 Å².